The van der Waals surface area contributed by atoms with Crippen LogP contribution in [0.3, 0.4) is 0 Å². The molecular weight excluding hydrogens is 286 g/mol. The highest BCUT2D eigenvalue weighted by molar-refractivity contribution is 6.71. The number of carbonyl (C=O) groups is 1. The van der Waals surface area contributed by atoms with Crippen LogP contribution in [0.5, 0.6) is 0 Å². The van der Waals surface area contributed by atoms with Gasteiger partial charge in [0.25, 0.3) is 5.97 Å². The molecule has 0 fully saturated rings. The van der Waals surface area contributed by atoms with Crippen LogP contribution in [0.2, 0.25) is 38.8 Å². The molecule has 0 atom stereocenters. The molecule has 0 aliphatic rings. The molecule has 0 radical (unpaired) electrons. The van der Waals surface area contributed by atoms with Crippen molar-refractivity contribution in [2.24, 2.45) is 0 Å². The van der Waals surface area contributed by atoms with Crippen molar-refractivity contribution in [2.75, 3.05) is 26.7 Å². The molecule has 0 bridgehead atoms. The van der Waals surface area contributed by atoms with Gasteiger partial charge in [0.15, 0.2) is 8.32 Å². The normalized spacial score (nSPS) is 12.8. The zero-order valence-corrected chi connectivity index (χ0v) is 16.4. The van der Waals surface area contributed by atoms with Crippen molar-refractivity contribution >= 4 is 22.6 Å². The summed E-state index contributed by atoms with van der Waals surface area (Å²) in [6.07, 6.45) is 1.63. The number of hydrogen-bond acceptors (Lipinski definition) is 4. The molecule has 4 nitrogen and oxygen atoms in total. The van der Waals surface area contributed by atoms with Gasteiger partial charge in [-0.05, 0) is 65.7 Å². The summed E-state index contributed by atoms with van der Waals surface area (Å²) >= 11 is 0. The number of hydrogen-bond donors (Lipinski definition) is 0. The van der Waals surface area contributed by atoms with Crippen molar-refractivity contribution in [3.63, 3.8) is 0 Å². The highest BCUT2D eigenvalue weighted by Gasteiger charge is 2.22. The molecule has 0 aromatic carbocycles. The Kier molecular flexibility index (Phi) is 8.89. The second-order valence-corrected chi connectivity index (χ2v) is 15.7. The molecule has 120 valence electrons. The minimum Gasteiger partial charge on any atom is -0.520 e. The fourth-order valence-electron chi connectivity index (χ4n) is 2.02. The lowest BCUT2D eigenvalue weighted by Crippen LogP contribution is -2.33. The van der Waals surface area contributed by atoms with Crippen LogP contribution in [-0.2, 0) is 13.6 Å². The summed E-state index contributed by atoms with van der Waals surface area (Å²) in [4.78, 5) is 13.9. The van der Waals surface area contributed by atoms with Crippen molar-refractivity contribution < 1.29 is 13.6 Å². The molecule has 0 rings (SSSR count). The molecule has 0 amide bonds. The van der Waals surface area contributed by atoms with Crippen molar-refractivity contribution in [3.05, 3.63) is 0 Å². The Morgan fingerprint density at radius 1 is 1.10 bits per heavy atom. The van der Waals surface area contributed by atoms with Gasteiger partial charge in [-0.15, -0.1) is 0 Å². The summed E-state index contributed by atoms with van der Waals surface area (Å²) in [6.45, 7) is 15.3. The van der Waals surface area contributed by atoms with E-state index in [2.05, 4.69) is 32.0 Å². The van der Waals surface area contributed by atoms with Crippen LogP contribution in [0.4, 0.5) is 0 Å². The molecule has 0 aliphatic carbocycles. The molecule has 0 aliphatic heterocycles. The molecule has 20 heavy (non-hydrogen) atoms. The molecule has 0 unspecified atom stereocenters. The minimum absolute atomic E-state index is 0.0555. The number of rotatable bonds is 10. The summed E-state index contributed by atoms with van der Waals surface area (Å²) in [5.74, 6) is -0.0555. The van der Waals surface area contributed by atoms with Crippen molar-refractivity contribution in [1.29, 1.82) is 0 Å². The molecule has 0 spiro atoms. The van der Waals surface area contributed by atoms with E-state index in [1.807, 2.05) is 19.6 Å². The van der Waals surface area contributed by atoms with Gasteiger partial charge in [0.1, 0.15) is 0 Å². The third-order valence-electron chi connectivity index (χ3n) is 2.97. The SMILES string of the molecule is CCO[Si](C)(C)CCCN(C)CCC(=O)O[Si](C)(C)C. The molecular formula is C14H33NO3Si2. The fraction of sp³-hybridized carbons (Fsp3) is 0.929. The third-order valence-corrected chi connectivity index (χ3v) is 6.44. The summed E-state index contributed by atoms with van der Waals surface area (Å²) in [7, 11) is -1.12. The van der Waals surface area contributed by atoms with Gasteiger partial charge in [-0.25, -0.2) is 0 Å². The lowest BCUT2D eigenvalue weighted by molar-refractivity contribution is -0.135. The predicted molar refractivity (Wildman–Crippen MR) is 90.1 cm³/mol. The van der Waals surface area contributed by atoms with Crippen LogP contribution in [0.25, 0.3) is 0 Å². The van der Waals surface area contributed by atoms with Crippen LogP contribution in [0.1, 0.15) is 19.8 Å². The van der Waals surface area contributed by atoms with E-state index in [1.54, 1.807) is 0 Å². The second kappa shape index (κ2) is 8.97. The predicted octanol–water partition coefficient (Wildman–Crippen LogP) is 3.32. The summed E-state index contributed by atoms with van der Waals surface area (Å²) in [5, 5.41) is 0. The Hall–Kier alpha value is -0.176. The van der Waals surface area contributed by atoms with Gasteiger partial charge in [0.05, 0.1) is 6.42 Å². The van der Waals surface area contributed by atoms with E-state index in [0.717, 1.165) is 26.1 Å². The van der Waals surface area contributed by atoms with Gasteiger partial charge in [-0.2, -0.15) is 0 Å². The number of nitrogens with zero attached hydrogens (tertiary/aromatic N) is 1. The largest absolute Gasteiger partial charge is 0.520 e. The van der Waals surface area contributed by atoms with E-state index in [1.165, 1.54) is 6.04 Å². The first-order valence-electron chi connectivity index (χ1n) is 7.60. The van der Waals surface area contributed by atoms with Crippen LogP contribution < -0.4 is 0 Å². The van der Waals surface area contributed by atoms with E-state index in [0.29, 0.717) is 6.42 Å². The first-order chi connectivity index (χ1) is 9.06. The molecule has 0 saturated carbocycles. The average Bonchev–Trinajstić information content (AvgIpc) is 2.23. The van der Waals surface area contributed by atoms with Gasteiger partial charge in [0.2, 0.25) is 8.32 Å². The Morgan fingerprint density at radius 2 is 1.70 bits per heavy atom. The standard InChI is InChI=1S/C14H33NO3Si2/c1-8-17-20(6,7)13-9-11-15(2)12-10-14(16)18-19(3,4)5/h8-13H2,1-7H3. The van der Waals surface area contributed by atoms with Crippen LogP contribution in [0, 0.1) is 0 Å². The Labute approximate surface area is 127 Å². The van der Waals surface area contributed by atoms with Gasteiger partial charge < -0.3 is 13.8 Å². The van der Waals surface area contributed by atoms with Gasteiger partial charge in [-0.1, -0.05) is 0 Å². The highest BCUT2D eigenvalue weighted by Crippen LogP contribution is 2.14. The maximum absolute atomic E-state index is 11.7. The first kappa shape index (κ1) is 19.8. The quantitative estimate of drug-likeness (QED) is 0.579. The van der Waals surface area contributed by atoms with Crippen molar-refractivity contribution in [3.8, 4) is 0 Å². The fourth-order valence-corrected chi connectivity index (χ4v) is 4.74. The maximum Gasteiger partial charge on any atom is 0.293 e. The van der Waals surface area contributed by atoms with E-state index in [4.69, 9.17) is 8.85 Å². The molecule has 0 saturated heterocycles. The maximum atomic E-state index is 11.7. The molecule has 0 aromatic heterocycles. The highest BCUT2D eigenvalue weighted by atomic mass is 28.4. The van der Waals surface area contributed by atoms with Gasteiger partial charge >= 0.3 is 0 Å². The van der Waals surface area contributed by atoms with Gasteiger partial charge in [-0.3, -0.25) is 4.79 Å². The average molecular weight is 320 g/mol. The number of carbonyl (C=O) groups excluding carboxylic acids is 1. The van der Waals surface area contributed by atoms with Crippen LogP contribution in [-0.4, -0.2) is 54.2 Å². The topological polar surface area (TPSA) is 38.8 Å². The minimum atomic E-state index is -1.73. The molecule has 0 aromatic rings. The second-order valence-electron chi connectivity index (χ2n) is 6.94. The van der Waals surface area contributed by atoms with E-state index >= 15 is 0 Å². The Bertz CT molecular complexity index is 291. The lowest BCUT2D eigenvalue weighted by atomic mass is 10.3. The lowest BCUT2D eigenvalue weighted by Gasteiger charge is -2.24. The van der Waals surface area contributed by atoms with Crippen LogP contribution >= 0.6 is 0 Å². The van der Waals surface area contributed by atoms with Crippen molar-refractivity contribution in [2.45, 2.75) is 58.5 Å². The van der Waals surface area contributed by atoms with E-state index in [9.17, 15) is 4.79 Å². The molecule has 0 heterocycles. The third kappa shape index (κ3) is 11.6. The van der Waals surface area contributed by atoms with Crippen molar-refractivity contribution in [1.82, 2.24) is 4.90 Å². The Balaban J connectivity index is 3.79. The van der Waals surface area contributed by atoms with Crippen LogP contribution in [0.15, 0.2) is 0 Å². The van der Waals surface area contributed by atoms with E-state index < -0.39 is 16.6 Å². The monoisotopic (exact) mass is 319 g/mol. The summed E-state index contributed by atoms with van der Waals surface area (Å²) < 4.78 is 11.3. The Morgan fingerprint density at radius 3 is 2.20 bits per heavy atom. The zero-order valence-electron chi connectivity index (χ0n) is 14.4. The first-order valence-corrected chi connectivity index (χ1v) is 14.1. The molecule has 0 N–H and O–H groups in total. The zero-order chi connectivity index (χ0) is 15.8. The summed E-state index contributed by atoms with van der Waals surface area (Å²) in [5.41, 5.74) is 0. The smallest absolute Gasteiger partial charge is 0.293 e. The molecule has 6 heteroatoms. The van der Waals surface area contributed by atoms with Gasteiger partial charge in [0, 0.05) is 13.2 Å². The van der Waals surface area contributed by atoms with E-state index in [-0.39, 0.29) is 5.97 Å². The summed E-state index contributed by atoms with van der Waals surface area (Å²) in [6, 6.07) is 1.17.